The van der Waals surface area contributed by atoms with Crippen molar-refractivity contribution in [2.45, 2.75) is 39.8 Å². The molecular formula is C15H24N2O3. The van der Waals surface area contributed by atoms with Gasteiger partial charge in [-0.3, -0.25) is 0 Å². The zero-order valence-electron chi connectivity index (χ0n) is 12.8. The standard InChI is InChI=1S/C15H24N2O3/c1-10(2)20-14-7-6-13(8-11(14)3)17-15(18)16-12(4)9-19-5/h6-8,10,12H,9H2,1-5H3,(H2,16,17,18). The van der Waals surface area contributed by atoms with Gasteiger partial charge in [0.05, 0.1) is 18.8 Å². The molecule has 5 nitrogen and oxygen atoms in total. The molecule has 0 fully saturated rings. The van der Waals surface area contributed by atoms with E-state index in [1.165, 1.54) is 0 Å². The van der Waals surface area contributed by atoms with Crippen LogP contribution in [0.1, 0.15) is 26.3 Å². The van der Waals surface area contributed by atoms with E-state index in [2.05, 4.69) is 10.6 Å². The van der Waals surface area contributed by atoms with Crippen LogP contribution in [0.5, 0.6) is 5.75 Å². The Morgan fingerprint density at radius 3 is 2.55 bits per heavy atom. The Balaban J connectivity index is 2.60. The number of anilines is 1. The lowest BCUT2D eigenvalue weighted by atomic mass is 10.2. The lowest BCUT2D eigenvalue weighted by molar-refractivity contribution is 0.173. The molecule has 0 saturated heterocycles. The number of hydrogen-bond acceptors (Lipinski definition) is 3. The van der Waals surface area contributed by atoms with Crippen LogP contribution in [0, 0.1) is 6.92 Å². The fourth-order valence-electron chi connectivity index (χ4n) is 1.80. The first-order chi connectivity index (χ1) is 9.42. The Morgan fingerprint density at radius 2 is 2.00 bits per heavy atom. The highest BCUT2D eigenvalue weighted by atomic mass is 16.5. The van der Waals surface area contributed by atoms with Gasteiger partial charge in [0.15, 0.2) is 0 Å². The van der Waals surface area contributed by atoms with Crippen molar-refractivity contribution in [1.29, 1.82) is 0 Å². The van der Waals surface area contributed by atoms with Crippen LogP contribution in [0.15, 0.2) is 18.2 Å². The summed E-state index contributed by atoms with van der Waals surface area (Å²) >= 11 is 0. The Labute approximate surface area is 120 Å². The normalized spacial score (nSPS) is 12.1. The van der Waals surface area contributed by atoms with Gasteiger partial charge in [-0.1, -0.05) is 0 Å². The van der Waals surface area contributed by atoms with Gasteiger partial charge < -0.3 is 20.1 Å². The predicted octanol–water partition coefficient (Wildman–Crippen LogP) is 2.94. The lowest BCUT2D eigenvalue weighted by Gasteiger charge is -2.15. The van der Waals surface area contributed by atoms with Crippen LogP contribution in [0.4, 0.5) is 10.5 Å². The van der Waals surface area contributed by atoms with E-state index in [0.29, 0.717) is 6.61 Å². The van der Waals surface area contributed by atoms with Gasteiger partial charge in [0.2, 0.25) is 0 Å². The second kappa shape index (κ2) is 7.75. The van der Waals surface area contributed by atoms with Crippen molar-refractivity contribution in [1.82, 2.24) is 5.32 Å². The molecule has 0 aromatic heterocycles. The molecule has 0 saturated carbocycles. The fourth-order valence-corrected chi connectivity index (χ4v) is 1.80. The van der Waals surface area contributed by atoms with E-state index in [0.717, 1.165) is 17.0 Å². The summed E-state index contributed by atoms with van der Waals surface area (Å²) < 4.78 is 10.6. The third-order valence-electron chi connectivity index (χ3n) is 2.59. The molecule has 2 amide bonds. The largest absolute Gasteiger partial charge is 0.491 e. The summed E-state index contributed by atoms with van der Waals surface area (Å²) in [5.74, 6) is 0.832. The summed E-state index contributed by atoms with van der Waals surface area (Å²) in [5, 5.41) is 5.58. The van der Waals surface area contributed by atoms with Crippen LogP contribution in [-0.2, 0) is 4.74 Å². The Kier molecular flexibility index (Phi) is 6.31. The Hall–Kier alpha value is -1.75. The van der Waals surface area contributed by atoms with Crippen molar-refractivity contribution in [3.8, 4) is 5.75 Å². The molecule has 20 heavy (non-hydrogen) atoms. The average molecular weight is 280 g/mol. The maximum atomic E-state index is 11.8. The Bertz CT molecular complexity index is 447. The molecule has 1 aromatic rings. The van der Waals surface area contributed by atoms with E-state index in [1.54, 1.807) is 7.11 Å². The molecule has 0 aliphatic heterocycles. The lowest BCUT2D eigenvalue weighted by Crippen LogP contribution is -2.38. The number of ether oxygens (including phenoxy) is 2. The molecule has 1 rings (SSSR count). The molecule has 0 aliphatic carbocycles. The van der Waals surface area contributed by atoms with Crippen LogP contribution < -0.4 is 15.4 Å². The summed E-state index contributed by atoms with van der Waals surface area (Å²) in [4.78, 5) is 11.8. The molecule has 0 bridgehead atoms. The minimum absolute atomic E-state index is 0.0374. The summed E-state index contributed by atoms with van der Waals surface area (Å²) in [6.45, 7) is 8.28. The quantitative estimate of drug-likeness (QED) is 0.842. The van der Waals surface area contributed by atoms with E-state index < -0.39 is 0 Å². The van der Waals surface area contributed by atoms with Crippen molar-refractivity contribution in [3.05, 3.63) is 23.8 Å². The zero-order chi connectivity index (χ0) is 15.1. The van der Waals surface area contributed by atoms with Crippen LogP contribution in [0.3, 0.4) is 0 Å². The van der Waals surface area contributed by atoms with E-state index in [-0.39, 0.29) is 18.2 Å². The molecule has 0 heterocycles. The SMILES string of the molecule is COCC(C)NC(=O)Nc1ccc(OC(C)C)c(C)c1. The second-order valence-electron chi connectivity index (χ2n) is 5.10. The fraction of sp³-hybridized carbons (Fsp3) is 0.533. The van der Waals surface area contributed by atoms with Gasteiger partial charge in [0.1, 0.15) is 5.75 Å². The average Bonchev–Trinajstić information content (AvgIpc) is 2.32. The van der Waals surface area contributed by atoms with Crippen LogP contribution in [0.25, 0.3) is 0 Å². The predicted molar refractivity (Wildman–Crippen MR) is 80.4 cm³/mol. The highest BCUT2D eigenvalue weighted by molar-refractivity contribution is 5.89. The molecule has 112 valence electrons. The zero-order valence-corrected chi connectivity index (χ0v) is 12.8. The number of benzene rings is 1. The van der Waals surface area contributed by atoms with Gasteiger partial charge in [-0.2, -0.15) is 0 Å². The molecule has 5 heteroatoms. The number of carbonyl (C=O) groups is 1. The van der Waals surface area contributed by atoms with E-state index >= 15 is 0 Å². The van der Waals surface area contributed by atoms with Gasteiger partial charge in [-0.15, -0.1) is 0 Å². The Morgan fingerprint density at radius 1 is 1.30 bits per heavy atom. The third kappa shape index (κ3) is 5.48. The monoisotopic (exact) mass is 280 g/mol. The first-order valence-electron chi connectivity index (χ1n) is 6.76. The van der Waals surface area contributed by atoms with Crippen molar-refractivity contribution in [2.75, 3.05) is 19.0 Å². The molecule has 1 aromatic carbocycles. The molecular weight excluding hydrogens is 256 g/mol. The minimum atomic E-state index is -0.244. The number of rotatable bonds is 6. The van der Waals surface area contributed by atoms with E-state index in [9.17, 15) is 4.79 Å². The summed E-state index contributed by atoms with van der Waals surface area (Å²) in [6, 6.07) is 5.30. The second-order valence-corrected chi connectivity index (χ2v) is 5.10. The number of carbonyl (C=O) groups excluding carboxylic acids is 1. The summed E-state index contributed by atoms with van der Waals surface area (Å²) in [7, 11) is 1.60. The highest BCUT2D eigenvalue weighted by Crippen LogP contribution is 2.22. The number of urea groups is 1. The van der Waals surface area contributed by atoms with Crippen molar-refractivity contribution in [2.24, 2.45) is 0 Å². The first kappa shape index (κ1) is 16.3. The number of nitrogens with one attached hydrogen (secondary N) is 2. The topological polar surface area (TPSA) is 59.6 Å². The first-order valence-corrected chi connectivity index (χ1v) is 6.76. The van der Waals surface area contributed by atoms with Crippen molar-refractivity contribution < 1.29 is 14.3 Å². The van der Waals surface area contributed by atoms with E-state index in [4.69, 9.17) is 9.47 Å². The number of methoxy groups -OCH3 is 1. The highest BCUT2D eigenvalue weighted by Gasteiger charge is 2.08. The van der Waals surface area contributed by atoms with Gasteiger partial charge in [0, 0.05) is 12.8 Å². The smallest absolute Gasteiger partial charge is 0.319 e. The van der Waals surface area contributed by atoms with Gasteiger partial charge >= 0.3 is 6.03 Å². The number of amides is 2. The van der Waals surface area contributed by atoms with Gasteiger partial charge in [0.25, 0.3) is 0 Å². The third-order valence-corrected chi connectivity index (χ3v) is 2.59. The molecule has 2 N–H and O–H groups in total. The number of aryl methyl sites for hydroxylation is 1. The molecule has 1 unspecified atom stereocenters. The molecule has 1 atom stereocenters. The maximum Gasteiger partial charge on any atom is 0.319 e. The minimum Gasteiger partial charge on any atom is -0.491 e. The van der Waals surface area contributed by atoms with Crippen LogP contribution >= 0.6 is 0 Å². The van der Waals surface area contributed by atoms with Crippen molar-refractivity contribution in [3.63, 3.8) is 0 Å². The van der Waals surface area contributed by atoms with Crippen LogP contribution in [-0.4, -0.2) is 31.9 Å². The number of hydrogen-bond donors (Lipinski definition) is 2. The van der Waals surface area contributed by atoms with Gasteiger partial charge in [-0.25, -0.2) is 4.79 Å². The molecule has 0 aliphatic rings. The molecule has 0 spiro atoms. The summed E-state index contributed by atoms with van der Waals surface area (Å²) in [6.07, 6.45) is 0.130. The summed E-state index contributed by atoms with van der Waals surface area (Å²) in [5.41, 5.74) is 1.72. The van der Waals surface area contributed by atoms with Gasteiger partial charge in [-0.05, 0) is 51.5 Å². The molecule has 0 radical (unpaired) electrons. The maximum absolute atomic E-state index is 11.8. The van der Waals surface area contributed by atoms with E-state index in [1.807, 2.05) is 45.9 Å². The van der Waals surface area contributed by atoms with Crippen molar-refractivity contribution >= 4 is 11.7 Å². The van der Waals surface area contributed by atoms with Crippen LogP contribution in [0.2, 0.25) is 0 Å².